The Morgan fingerprint density at radius 3 is 2.64 bits per heavy atom. The summed E-state index contributed by atoms with van der Waals surface area (Å²) in [6, 6.07) is 13.5. The van der Waals surface area contributed by atoms with Crippen molar-refractivity contribution >= 4 is 11.7 Å². The molecule has 1 aromatic heterocycles. The van der Waals surface area contributed by atoms with Crippen molar-refractivity contribution in [2.75, 3.05) is 25.0 Å². The fourth-order valence-electron chi connectivity index (χ4n) is 3.50. The number of carbonyl (C=O) groups is 1. The minimum atomic E-state index is -0.421. The van der Waals surface area contributed by atoms with Gasteiger partial charge in [0.2, 0.25) is 5.91 Å². The molecule has 3 rings (SSSR count). The average Bonchev–Trinajstić information content (AvgIpc) is 2.63. The van der Waals surface area contributed by atoms with Crippen LogP contribution in [0.25, 0.3) is 0 Å². The number of aryl methyl sites for hydroxylation is 1. The van der Waals surface area contributed by atoms with Crippen molar-refractivity contribution in [2.24, 2.45) is 5.73 Å². The van der Waals surface area contributed by atoms with Crippen molar-refractivity contribution in [3.63, 3.8) is 0 Å². The van der Waals surface area contributed by atoms with Gasteiger partial charge in [-0.25, -0.2) is 0 Å². The lowest BCUT2D eigenvalue weighted by molar-refractivity contribution is -0.123. The van der Waals surface area contributed by atoms with Gasteiger partial charge in [-0.1, -0.05) is 30.3 Å². The minimum absolute atomic E-state index is 0.231. The van der Waals surface area contributed by atoms with E-state index in [1.807, 2.05) is 56.4 Å². The molecule has 6 heteroatoms. The molecule has 0 bridgehead atoms. The Hall–Kier alpha value is -2.47. The van der Waals surface area contributed by atoms with Crippen LogP contribution < -0.4 is 10.6 Å². The van der Waals surface area contributed by atoms with Gasteiger partial charge in [0.25, 0.3) is 0 Å². The first kappa shape index (κ1) is 17.4. The fourth-order valence-corrected chi connectivity index (χ4v) is 3.50. The van der Waals surface area contributed by atoms with Crippen molar-refractivity contribution in [1.82, 2.24) is 15.1 Å². The van der Waals surface area contributed by atoms with Crippen LogP contribution in [0.15, 0.2) is 42.5 Å². The Bertz CT molecular complexity index is 704. The molecule has 132 valence electrons. The summed E-state index contributed by atoms with van der Waals surface area (Å²) >= 11 is 0. The van der Waals surface area contributed by atoms with Gasteiger partial charge in [0.05, 0.1) is 5.69 Å². The number of rotatable bonds is 5. The normalized spacial score (nSPS) is 19.0. The van der Waals surface area contributed by atoms with Gasteiger partial charge < -0.3 is 10.6 Å². The highest BCUT2D eigenvalue weighted by Crippen LogP contribution is 2.27. The first-order valence-corrected chi connectivity index (χ1v) is 8.67. The highest BCUT2D eigenvalue weighted by atomic mass is 16.1. The fraction of sp³-hybridized carbons (Fsp3) is 0.421. The third-order valence-corrected chi connectivity index (χ3v) is 4.87. The zero-order valence-electron chi connectivity index (χ0n) is 14.8. The number of carbonyl (C=O) groups excluding carboxylic acids is 1. The molecule has 1 aliphatic rings. The van der Waals surface area contributed by atoms with E-state index in [-0.39, 0.29) is 11.9 Å². The topological polar surface area (TPSA) is 75.3 Å². The Balaban J connectivity index is 1.77. The molecule has 1 aliphatic heterocycles. The second-order valence-electron chi connectivity index (χ2n) is 6.66. The standard InChI is InChI=1S/C19H25N5O/c1-14-10-11-17(22-21-14)24-12-6-9-16(13-24)23(2)18(19(20)25)15-7-4-3-5-8-15/h3-5,7-8,10-11,16,18H,6,9,12-13H2,1-2H3,(H2,20,25)/t16-,18-/m1/s1. The third kappa shape index (κ3) is 3.96. The number of hydrogen-bond acceptors (Lipinski definition) is 5. The van der Waals surface area contributed by atoms with E-state index < -0.39 is 6.04 Å². The summed E-state index contributed by atoms with van der Waals surface area (Å²) in [5.41, 5.74) is 7.57. The smallest absolute Gasteiger partial charge is 0.239 e. The first-order valence-electron chi connectivity index (χ1n) is 8.67. The Morgan fingerprint density at radius 2 is 2.00 bits per heavy atom. The summed E-state index contributed by atoms with van der Waals surface area (Å²) in [5, 5.41) is 8.46. The molecule has 6 nitrogen and oxygen atoms in total. The maximum atomic E-state index is 12.1. The lowest BCUT2D eigenvalue weighted by Gasteiger charge is -2.40. The Kier molecular flexibility index (Phi) is 5.28. The highest BCUT2D eigenvalue weighted by Gasteiger charge is 2.31. The molecule has 0 saturated carbocycles. The number of benzene rings is 1. The summed E-state index contributed by atoms with van der Waals surface area (Å²) in [6.07, 6.45) is 2.08. The number of nitrogens with two attached hydrogens (primary N) is 1. The largest absolute Gasteiger partial charge is 0.368 e. The van der Waals surface area contributed by atoms with E-state index in [9.17, 15) is 4.79 Å². The monoisotopic (exact) mass is 339 g/mol. The van der Waals surface area contributed by atoms with Crippen LogP contribution in [0.3, 0.4) is 0 Å². The second kappa shape index (κ2) is 7.61. The minimum Gasteiger partial charge on any atom is -0.368 e. The summed E-state index contributed by atoms with van der Waals surface area (Å²) in [6.45, 7) is 3.69. The highest BCUT2D eigenvalue weighted by molar-refractivity contribution is 5.81. The predicted octanol–water partition coefficient (Wildman–Crippen LogP) is 1.91. The van der Waals surface area contributed by atoms with Gasteiger partial charge in [0.15, 0.2) is 5.82 Å². The predicted molar refractivity (Wildman–Crippen MR) is 98.1 cm³/mol. The molecular weight excluding hydrogens is 314 g/mol. The van der Waals surface area contributed by atoms with E-state index in [1.54, 1.807) is 0 Å². The molecule has 2 N–H and O–H groups in total. The van der Waals surface area contributed by atoms with E-state index >= 15 is 0 Å². The third-order valence-electron chi connectivity index (χ3n) is 4.87. The van der Waals surface area contributed by atoms with Gasteiger partial charge in [0, 0.05) is 19.1 Å². The number of aromatic nitrogens is 2. The van der Waals surface area contributed by atoms with Gasteiger partial charge in [-0.05, 0) is 44.5 Å². The van der Waals surface area contributed by atoms with Crippen molar-refractivity contribution in [3.05, 3.63) is 53.7 Å². The van der Waals surface area contributed by atoms with Gasteiger partial charge in [-0.2, -0.15) is 5.10 Å². The summed E-state index contributed by atoms with van der Waals surface area (Å²) in [7, 11) is 1.98. The summed E-state index contributed by atoms with van der Waals surface area (Å²) in [5.74, 6) is 0.569. The molecule has 2 heterocycles. The summed E-state index contributed by atoms with van der Waals surface area (Å²) in [4.78, 5) is 16.5. The molecule has 2 atom stereocenters. The quantitative estimate of drug-likeness (QED) is 0.901. The molecular formula is C19H25N5O. The van der Waals surface area contributed by atoms with Crippen LogP contribution in [-0.4, -0.2) is 47.2 Å². The van der Waals surface area contributed by atoms with Crippen molar-refractivity contribution < 1.29 is 4.79 Å². The van der Waals surface area contributed by atoms with Crippen molar-refractivity contribution in [1.29, 1.82) is 0 Å². The van der Waals surface area contributed by atoms with E-state index in [0.717, 1.165) is 43.0 Å². The van der Waals surface area contributed by atoms with Crippen LogP contribution >= 0.6 is 0 Å². The van der Waals surface area contributed by atoms with E-state index in [1.165, 1.54) is 0 Å². The number of anilines is 1. The second-order valence-corrected chi connectivity index (χ2v) is 6.66. The zero-order valence-corrected chi connectivity index (χ0v) is 14.8. The average molecular weight is 339 g/mol. The zero-order chi connectivity index (χ0) is 17.8. The Labute approximate surface area is 148 Å². The lowest BCUT2D eigenvalue weighted by Crippen LogP contribution is -2.50. The van der Waals surface area contributed by atoms with Gasteiger partial charge in [-0.3, -0.25) is 9.69 Å². The van der Waals surface area contributed by atoms with Crippen LogP contribution in [0, 0.1) is 6.92 Å². The molecule has 2 aromatic rings. The van der Waals surface area contributed by atoms with Crippen molar-refractivity contribution in [3.8, 4) is 0 Å². The molecule has 25 heavy (non-hydrogen) atoms. The summed E-state index contributed by atoms with van der Waals surface area (Å²) < 4.78 is 0. The van der Waals surface area contributed by atoms with E-state index in [0.29, 0.717) is 0 Å². The number of piperidine rings is 1. The van der Waals surface area contributed by atoms with Crippen LogP contribution in [0.5, 0.6) is 0 Å². The number of nitrogens with zero attached hydrogens (tertiary/aromatic N) is 4. The number of amides is 1. The van der Waals surface area contributed by atoms with Crippen molar-refractivity contribution in [2.45, 2.75) is 31.8 Å². The van der Waals surface area contributed by atoms with Gasteiger partial charge in [-0.15, -0.1) is 5.10 Å². The molecule has 0 radical (unpaired) electrons. The SMILES string of the molecule is Cc1ccc(N2CCC[C@@H](N(C)[C@@H](C(N)=O)c3ccccc3)C2)nn1. The molecule has 0 spiro atoms. The van der Waals surface area contributed by atoms with Crippen LogP contribution in [-0.2, 0) is 4.79 Å². The van der Waals surface area contributed by atoms with Crippen LogP contribution in [0.2, 0.25) is 0 Å². The molecule has 1 fully saturated rings. The first-order chi connectivity index (χ1) is 12.1. The molecule has 0 unspecified atom stereocenters. The van der Waals surface area contributed by atoms with Gasteiger partial charge in [0.1, 0.15) is 6.04 Å². The van der Waals surface area contributed by atoms with Gasteiger partial charge >= 0.3 is 0 Å². The molecule has 1 saturated heterocycles. The maximum absolute atomic E-state index is 12.1. The number of primary amides is 1. The van der Waals surface area contributed by atoms with E-state index in [4.69, 9.17) is 5.73 Å². The van der Waals surface area contributed by atoms with Crippen LogP contribution in [0.1, 0.15) is 30.1 Å². The Morgan fingerprint density at radius 1 is 1.24 bits per heavy atom. The molecule has 0 aliphatic carbocycles. The number of hydrogen-bond donors (Lipinski definition) is 1. The molecule has 1 aromatic carbocycles. The van der Waals surface area contributed by atoms with Crippen LogP contribution in [0.4, 0.5) is 5.82 Å². The lowest BCUT2D eigenvalue weighted by atomic mass is 9.98. The van der Waals surface area contributed by atoms with E-state index in [2.05, 4.69) is 20.0 Å². The maximum Gasteiger partial charge on any atom is 0.239 e. The molecule has 1 amide bonds. The number of likely N-dealkylation sites (N-methyl/N-ethyl adjacent to an activating group) is 1.